The lowest BCUT2D eigenvalue weighted by molar-refractivity contribution is -0.172. The quantitative estimate of drug-likeness (QED) is 0.732. The molecule has 0 aliphatic carbocycles. The molecule has 0 bridgehead atoms. The summed E-state index contributed by atoms with van der Waals surface area (Å²) in [6, 6.07) is -0.852. The van der Waals surface area contributed by atoms with Gasteiger partial charge in [-0.25, -0.2) is 9.86 Å². The number of nitrogens with zero attached hydrogens (tertiary/aromatic N) is 1. The van der Waals surface area contributed by atoms with Crippen molar-refractivity contribution in [3.05, 3.63) is 0 Å². The summed E-state index contributed by atoms with van der Waals surface area (Å²) < 4.78 is 9.94. The Bertz CT molecular complexity index is 288. The van der Waals surface area contributed by atoms with Crippen molar-refractivity contribution in [2.24, 2.45) is 0 Å². The summed E-state index contributed by atoms with van der Waals surface area (Å²) in [6.07, 6.45) is -0.678. The van der Waals surface area contributed by atoms with Crippen LogP contribution in [0.4, 0.5) is 4.79 Å². The first-order chi connectivity index (χ1) is 8.21. The predicted molar refractivity (Wildman–Crippen MR) is 64.8 cm³/mol. The number of methoxy groups -OCH3 is 1. The van der Waals surface area contributed by atoms with Gasteiger partial charge in [-0.3, -0.25) is 9.63 Å². The molecule has 0 saturated heterocycles. The summed E-state index contributed by atoms with van der Waals surface area (Å²) in [4.78, 5) is 28.1. The minimum atomic E-state index is -0.852. The van der Waals surface area contributed by atoms with E-state index in [9.17, 15) is 9.59 Å². The van der Waals surface area contributed by atoms with Gasteiger partial charge in [0.2, 0.25) is 0 Å². The molecule has 0 heterocycles. The van der Waals surface area contributed by atoms with Crippen LogP contribution in [0.5, 0.6) is 0 Å². The summed E-state index contributed by atoms with van der Waals surface area (Å²) in [5.74, 6) is -0.426. The zero-order valence-electron chi connectivity index (χ0n) is 11.8. The van der Waals surface area contributed by atoms with Gasteiger partial charge in [-0.2, -0.15) is 0 Å². The number of amides is 2. The second-order valence-electron chi connectivity index (χ2n) is 4.67. The molecule has 0 aromatic carbocycles. The van der Waals surface area contributed by atoms with Gasteiger partial charge in [0.15, 0.2) is 0 Å². The van der Waals surface area contributed by atoms with E-state index in [4.69, 9.17) is 14.3 Å². The zero-order chi connectivity index (χ0) is 14.3. The van der Waals surface area contributed by atoms with Gasteiger partial charge in [-0.15, -0.1) is 0 Å². The molecule has 0 fully saturated rings. The molecule has 0 rings (SSSR count). The van der Waals surface area contributed by atoms with Crippen molar-refractivity contribution in [2.75, 3.05) is 27.9 Å². The van der Waals surface area contributed by atoms with E-state index >= 15 is 0 Å². The van der Waals surface area contributed by atoms with Crippen molar-refractivity contribution in [2.45, 2.75) is 32.4 Å². The molecule has 7 nitrogen and oxygen atoms in total. The molecule has 106 valence electrons. The number of nitrogens with one attached hydrogen (secondary N) is 1. The molecule has 0 aliphatic heterocycles. The van der Waals surface area contributed by atoms with Crippen molar-refractivity contribution in [3.63, 3.8) is 0 Å². The maximum absolute atomic E-state index is 11.8. The third kappa shape index (κ3) is 6.41. The van der Waals surface area contributed by atoms with Crippen LogP contribution in [0.1, 0.15) is 20.8 Å². The van der Waals surface area contributed by atoms with E-state index in [0.717, 1.165) is 5.06 Å². The zero-order valence-corrected chi connectivity index (χ0v) is 11.8. The Hall–Kier alpha value is -1.34. The molecule has 1 atom stereocenters. The first kappa shape index (κ1) is 16.7. The van der Waals surface area contributed by atoms with Crippen molar-refractivity contribution < 1.29 is 23.9 Å². The molecule has 2 amide bonds. The van der Waals surface area contributed by atoms with Crippen LogP contribution in [0, 0.1) is 0 Å². The molecular formula is C11H22N2O5. The van der Waals surface area contributed by atoms with Crippen LogP contribution in [0.15, 0.2) is 0 Å². The normalized spacial score (nSPS) is 12.8. The van der Waals surface area contributed by atoms with E-state index in [1.54, 1.807) is 20.8 Å². The highest BCUT2D eigenvalue weighted by atomic mass is 16.7. The van der Waals surface area contributed by atoms with Crippen molar-refractivity contribution in [1.82, 2.24) is 10.4 Å². The minimum Gasteiger partial charge on any atom is -0.444 e. The second-order valence-corrected chi connectivity index (χ2v) is 4.67. The average Bonchev–Trinajstić information content (AvgIpc) is 2.23. The Morgan fingerprint density at radius 2 is 1.83 bits per heavy atom. The molecule has 0 spiro atoms. The van der Waals surface area contributed by atoms with Crippen molar-refractivity contribution >= 4 is 12.0 Å². The van der Waals surface area contributed by atoms with E-state index in [1.807, 2.05) is 0 Å². The van der Waals surface area contributed by atoms with Crippen molar-refractivity contribution in [3.8, 4) is 0 Å². The molecule has 1 N–H and O–H groups in total. The highest BCUT2D eigenvalue weighted by Crippen LogP contribution is 2.07. The number of carbonyl (C=O) groups is 2. The van der Waals surface area contributed by atoms with Crippen LogP contribution >= 0.6 is 0 Å². The number of hydrogen-bond acceptors (Lipinski definition) is 5. The largest absolute Gasteiger partial charge is 0.444 e. The molecule has 7 heteroatoms. The Morgan fingerprint density at radius 1 is 1.28 bits per heavy atom. The number of rotatable bonds is 5. The Morgan fingerprint density at radius 3 is 2.22 bits per heavy atom. The van der Waals surface area contributed by atoms with Gasteiger partial charge < -0.3 is 14.8 Å². The molecule has 0 radical (unpaired) electrons. The molecular weight excluding hydrogens is 240 g/mol. The fraction of sp³-hybridized carbons (Fsp3) is 0.818. The summed E-state index contributed by atoms with van der Waals surface area (Å²) in [5.41, 5.74) is -0.627. The highest BCUT2D eigenvalue weighted by Gasteiger charge is 2.26. The highest BCUT2D eigenvalue weighted by molar-refractivity contribution is 5.85. The SMILES string of the molecule is COC[C@H](NC(=O)OC(C)(C)C)C(=O)N(C)OC. The first-order valence-electron chi connectivity index (χ1n) is 5.51. The summed E-state index contributed by atoms with van der Waals surface area (Å²) in [5, 5.41) is 3.45. The average molecular weight is 262 g/mol. The van der Waals surface area contributed by atoms with Gasteiger partial charge in [0.1, 0.15) is 11.6 Å². The van der Waals surface area contributed by atoms with Crippen LogP contribution in [0.25, 0.3) is 0 Å². The van der Waals surface area contributed by atoms with E-state index in [0.29, 0.717) is 0 Å². The number of ether oxygens (including phenoxy) is 2. The topological polar surface area (TPSA) is 77.1 Å². The van der Waals surface area contributed by atoms with E-state index in [2.05, 4.69) is 5.32 Å². The van der Waals surface area contributed by atoms with Gasteiger partial charge in [0, 0.05) is 14.2 Å². The maximum Gasteiger partial charge on any atom is 0.408 e. The lowest BCUT2D eigenvalue weighted by Gasteiger charge is -2.24. The van der Waals surface area contributed by atoms with Gasteiger partial charge in [-0.1, -0.05) is 0 Å². The number of hydroxylamine groups is 2. The van der Waals surface area contributed by atoms with E-state index in [-0.39, 0.29) is 6.61 Å². The Kier molecular flexibility index (Phi) is 6.64. The first-order valence-corrected chi connectivity index (χ1v) is 5.51. The fourth-order valence-electron chi connectivity index (χ4n) is 1.10. The molecule has 0 aliphatic rings. The van der Waals surface area contributed by atoms with Crippen LogP contribution in [-0.2, 0) is 19.1 Å². The van der Waals surface area contributed by atoms with E-state index < -0.39 is 23.6 Å². The standard InChI is InChI=1S/C11H22N2O5/c1-11(2,3)18-10(15)12-8(7-16-5)9(14)13(4)17-6/h8H,7H2,1-6H3,(H,12,15)/t8-/m0/s1. The molecule has 0 unspecified atom stereocenters. The lowest BCUT2D eigenvalue weighted by atomic mass is 10.2. The summed E-state index contributed by atoms with van der Waals surface area (Å²) in [7, 11) is 4.24. The summed E-state index contributed by atoms with van der Waals surface area (Å²) in [6.45, 7) is 5.24. The Balaban J connectivity index is 4.53. The lowest BCUT2D eigenvalue weighted by Crippen LogP contribution is -2.50. The van der Waals surface area contributed by atoms with E-state index in [1.165, 1.54) is 21.3 Å². The molecule has 0 saturated carbocycles. The van der Waals surface area contributed by atoms with Crippen LogP contribution in [-0.4, -0.2) is 56.6 Å². The number of carbonyl (C=O) groups excluding carboxylic acids is 2. The van der Waals surface area contributed by atoms with Crippen molar-refractivity contribution in [1.29, 1.82) is 0 Å². The molecule has 0 aromatic rings. The third-order valence-electron chi connectivity index (χ3n) is 1.91. The number of hydrogen-bond donors (Lipinski definition) is 1. The van der Waals surface area contributed by atoms with Gasteiger partial charge in [0.05, 0.1) is 13.7 Å². The number of alkyl carbamates (subject to hydrolysis) is 1. The van der Waals surface area contributed by atoms with Gasteiger partial charge >= 0.3 is 6.09 Å². The minimum absolute atomic E-state index is 0.0335. The van der Waals surface area contributed by atoms with Gasteiger partial charge in [0.25, 0.3) is 5.91 Å². The van der Waals surface area contributed by atoms with Crippen LogP contribution < -0.4 is 5.32 Å². The number of likely N-dealkylation sites (N-methyl/N-ethyl adjacent to an activating group) is 1. The third-order valence-corrected chi connectivity index (χ3v) is 1.91. The van der Waals surface area contributed by atoms with Crippen LogP contribution in [0.3, 0.4) is 0 Å². The van der Waals surface area contributed by atoms with Crippen LogP contribution in [0.2, 0.25) is 0 Å². The monoisotopic (exact) mass is 262 g/mol. The molecule has 0 aromatic heterocycles. The predicted octanol–water partition coefficient (Wildman–Crippen LogP) is 0.546. The maximum atomic E-state index is 11.8. The molecule has 18 heavy (non-hydrogen) atoms. The van der Waals surface area contributed by atoms with Gasteiger partial charge in [-0.05, 0) is 20.8 Å². The summed E-state index contributed by atoms with van der Waals surface area (Å²) >= 11 is 0. The second kappa shape index (κ2) is 7.17. The smallest absolute Gasteiger partial charge is 0.408 e. The Labute approximate surface area is 107 Å². The fourth-order valence-corrected chi connectivity index (χ4v) is 1.10.